The van der Waals surface area contributed by atoms with Gasteiger partial charge in [0.1, 0.15) is 11.7 Å². The fourth-order valence-electron chi connectivity index (χ4n) is 2.47. The Morgan fingerprint density at radius 3 is 2.56 bits per heavy atom. The molecule has 10 heteroatoms. The number of nitrogens with zero attached hydrogens (tertiary/aromatic N) is 2. The van der Waals surface area contributed by atoms with E-state index in [9.17, 15) is 22.8 Å². The molecular formula is C15H20F3N5O2. The van der Waals surface area contributed by atoms with Crippen molar-refractivity contribution in [2.75, 3.05) is 39.3 Å². The second-order valence-corrected chi connectivity index (χ2v) is 5.55. The fraction of sp³-hybridized carbons (Fsp3) is 0.533. The van der Waals surface area contributed by atoms with Gasteiger partial charge in [-0.15, -0.1) is 0 Å². The molecule has 1 aliphatic rings. The van der Waals surface area contributed by atoms with Gasteiger partial charge in [0, 0.05) is 38.9 Å². The first-order valence-electron chi connectivity index (χ1n) is 7.85. The summed E-state index contributed by atoms with van der Waals surface area (Å²) in [7, 11) is 0. The van der Waals surface area contributed by atoms with Crippen LogP contribution in [0.2, 0.25) is 0 Å². The Morgan fingerprint density at radius 2 is 1.96 bits per heavy atom. The molecule has 0 radical (unpaired) electrons. The van der Waals surface area contributed by atoms with Crippen molar-refractivity contribution in [1.82, 2.24) is 25.8 Å². The van der Waals surface area contributed by atoms with Gasteiger partial charge in [-0.25, -0.2) is 0 Å². The largest absolute Gasteiger partial charge is 0.405 e. The highest BCUT2D eigenvalue weighted by atomic mass is 19.4. The topological polar surface area (TPSA) is 86.4 Å². The first-order chi connectivity index (χ1) is 11.9. The SMILES string of the molecule is O=C(CNC(=O)c1ccccn1)NCC(N1CCNCC1)C(F)(F)F. The van der Waals surface area contributed by atoms with E-state index in [1.54, 1.807) is 12.1 Å². The lowest BCUT2D eigenvalue weighted by atomic mass is 10.2. The molecule has 0 aromatic carbocycles. The van der Waals surface area contributed by atoms with E-state index in [0.29, 0.717) is 13.1 Å². The molecule has 1 unspecified atom stereocenters. The van der Waals surface area contributed by atoms with Crippen molar-refractivity contribution in [1.29, 1.82) is 0 Å². The summed E-state index contributed by atoms with van der Waals surface area (Å²) in [5, 5.41) is 7.54. The molecule has 7 nitrogen and oxygen atoms in total. The Balaban J connectivity index is 1.81. The van der Waals surface area contributed by atoms with Gasteiger partial charge in [0.2, 0.25) is 5.91 Å². The van der Waals surface area contributed by atoms with E-state index >= 15 is 0 Å². The molecule has 0 saturated carbocycles. The van der Waals surface area contributed by atoms with Crippen molar-refractivity contribution >= 4 is 11.8 Å². The first-order valence-corrected chi connectivity index (χ1v) is 7.85. The molecule has 1 fully saturated rings. The van der Waals surface area contributed by atoms with Gasteiger partial charge in [-0.1, -0.05) is 6.07 Å². The fourth-order valence-corrected chi connectivity index (χ4v) is 2.47. The number of pyridine rings is 1. The number of carbonyl (C=O) groups excluding carboxylic acids is 2. The lowest BCUT2D eigenvalue weighted by Gasteiger charge is -2.35. The van der Waals surface area contributed by atoms with Crippen LogP contribution in [-0.2, 0) is 4.79 Å². The summed E-state index contributed by atoms with van der Waals surface area (Å²) in [5.74, 6) is -1.25. The third-order valence-electron chi connectivity index (χ3n) is 3.77. The van der Waals surface area contributed by atoms with E-state index in [0.717, 1.165) is 0 Å². The number of hydrogen-bond acceptors (Lipinski definition) is 5. The van der Waals surface area contributed by atoms with Crippen molar-refractivity contribution in [3.8, 4) is 0 Å². The lowest BCUT2D eigenvalue weighted by molar-refractivity contribution is -0.184. The van der Waals surface area contributed by atoms with Gasteiger partial charge in [0.05, 0.1) is 6.54 Å². The van der Waals surface area contributed by atoms with Crippen molar-refractivity contribution in [3.05, 3.63) is 30.1 Å². The molecule has 1 aromatic rings. The van der Waals surface area contributed by atoms with Gasteiger partial charge in [0.25, 0.3) is 5.91 Å². The molecular weight excluding hydrogens is 339 g/mol. The van der Waals surface area contributed by atoms with Gasteiger partial charge in [0.15, 0.2) is 0 Å². The van der Waals surface area contributed by atoms with Gasteiger partial charge in [-0.3, -0.25) is 19.5 Å². The average Bonchev–Trinajstić information content (AvgIpc) is 2.60. The molecule has 1 aliphatic heterocycles. The van der Waals surface area contributed by atoms with Crippen LogP contribution in [0.4, 0.5) is 13.2 Å². The molecule has 138 valence electrons. The Hall–Kier alpha value is -2.20. The maximum absolute atomic E-state index is 13.2. The number of aromatic nitrogens is 1. The van der Waals surface area contributed by atoms with Crippen LogP contribution in [0.25, 0.3) is 0 Å². The predicted molar refractivity (Wildman–Crippen MR) is 83.9 cm³/mol. The number of amides is 2. The van der Waals surface area contributed by atoms with E-state index in [1.807, 2.05) is 0 Å². The van der Waals surface area contributed by atoms with Crippen LogP contribution in [0, 0.1) is 0 Å². The van der Waals surface area contributed by atoms with E-state index in [4.69, 9.17) is 0 Å². The van der Waals surface area contributed by atoms with E-state index in [-0.39, 0.29) is 18.8 Å². The predicted octanol–water partition coefficient (Wildman–Crippen LogP) is -0.236. The number of carbonyl (C=O) groups is 2. The second kappa shape index (κ2) is 8.77. The Bertz CT molecular complexity index is 576. The molecule has 2 rings (SSSR count). The quantitative estimate of drug-likeness (QED) is 0.653. The highest BCUT2D eigenvalue weighted by Gasteiger charge is 2.43. The molecule has 1 saturated heterocycles. The number of piperazine rings is 1. The van der Waals surface area contributed by atoms with E-state index in [1.165, 1.54) is 17.2 Å². The number of rotatable bonds is 6. The van der Waals surface area contributed by atoms with Crippen molar-refractivity contribution in [3.63, 3.8) is 0 Å². The zero-order valence-electron chi connectivity index (χ0n) is 13.5. The van der Waals surface area contributed by atoms with Crippen molar-refractivity contribution < 1.29 is 22.8 Å². The van der Waals surface area contributed by atoms with Crippen LogP contribution in [0.5, 0.6) is 0 Å². The molecule has 1 aromatic heterocycles. The molecule has 0 aliphatic carbocycles. The van der Waals surface area contributed by atoms with Crippen LogP contribution in [0.1, 0.15) is 10.5 Å². The third-order valence-corrected chi connectivity index (χ3v) is 3.77. The number of hydrogen-bond donors (Lipinski definition) is 3. The summed E-state index contributed by atoms with van der Waals surface area (Å²) in [5.41, 5.74) is 0.129. The van der Waals surface area contributed by atoms with E-state index in [2.05, 4.69) is 20.9 Å². The number of halogens is 3. The highest BCUT2D eigenvalue weighted by molar-refractivity contribution is 5.94. The average molecular weight is 359 g/mol. The minimum atomic E-state index is -4.44. The highest BCUT2D eigenvalue weighted by Crippen LogP contribution is 2.24. The summed E-state index contributed by atoms with van der Waals surface area (Å²) in [4.78, 5) is 28.6. The zero-order valence-corrected chi connectivity index (χ0v) is 13.5. The molecule has 2 heterocycles. The maximum Gasteiger partial charge on any atom is 0.405 e. The standard InChI is InChI=1S/C15H20F3N5O2/c16-15(17,18)12(23-7-5-19-6-8-23)9-21-13(24)10-22-14(25)11-3-1-2-4-20-11/h1-4,12,19H,5-10H2,(H,21,24)(H,22,25). The molecule has 0 bridgehead atoms. The summed E-state index contributed by atoms with van der Waals surface area (Å²) >= 11 is 0. The third kappa shape index (κ3) is 5.98. The Labute approximate surface area is 143 Å². The monoisotopic (exact) mass is 359 g/mol. The van der Waals surface area contributed by atoms with Gasteiger partial charge >= 0.3 is 6.18 Å². The Kier molecular flexibility index (Phi) is 6.71. The summed E-state index contributed by atoms with van der Waals surface area (Å²) in [6.45, 7) is 0.498. The molecule has 3 N–H and O–H groups in total. The lowest BCUT2D eigenvalue weighted by Crippen LogP contribution is -2.58. The van der Waals surface area contributed by atoms with Crippen LogP contribution in [0.15, 0.2) is 24.4 Å². The maximum atomic E-state index is 13.2. The molecule has 2 amide bonds. The number of alkyl halides is 3. The molecule has 1 atom stereocenters. The van der Waals surface area contributed by atoms with Gasteiger partial charge < -0.3 is 16.0 Å². The minimum absolute atomic E-state index is 0.129. The minimum Gasteiger partial charge on any atom is -0.353 e. The van der Waals surface area contributed by atoms with Crippen LogP contribution < -0.4 is 16.0 Å². The normalized spacial score (nSPS) is 16.9. The van der Waals surface area contributed by atoms with Crippen molar-refractivity contribution in [2.45, 2.75) is 12.2 Å². The number of nitrogens with one attached hydrogen (secondary N) is 3. The summed E-state index contributed by atoms with van der Waals surface area (Å²) in [6, 6.07) is 2.97. The first kappa shape index (κ1) is 19.1. The molecule has 25 heavy (non-hydrogen) atoms. The van der Waals surface area contributed by atoms with Gasteiger partial charge in [-0.05, 0) is 12.1 Å². The van der Waals surface area contributed by atoms with Crippen molar-refractivity contribution in [2.24, 2.45) is 0 Å². The summed E-state index contributed by atoms with van der Waals surface area (Å²) < 4.78 is 39.6. The smallest absolute Gasteiger partial charge is 0.353 e. The molecule has 0 spiro atoms. The van der Waals surface area contributed by atoms with Gasteiger partial charge in [-0.2, -0.15) is 13.2 Å². The second-order valence-electron chi connectivity index (χ2n) is 5.55. The van der Waals surface area contributed by atoms with E-state index < -0.39 is 37.1 Å². The van der Waals surface area contributed by atoms with Crippen LogP contribution in [0.3, 0.4) is 0 Å². The zero-order chi connectivity index (χ0) is 18.3. The summed E-state index contributed by atoms with van der Waals surface area (Å²) in [6.07, 6.45) is -3.02. The van der Waals surface area contributed by atoms with Crippen LogP contribution >= 0.6 is 0 Å². The van der Waals surface area contributed by atoms with Crippen LogP contribution in [-0.4, -0.2) is 73.2 Å². The Morgan fingerprint density at radius 1 is 1.24 bits per heavy atom.